The lowest BCUT2D eigenvalue weighted by Crippen LogP contribution is -2.26. The predicted octanol–water partition coefficient (Wildman–Crippen LogP) is 3.04. The fourth-order valence-electron chi connectivity index (χ4n) is 2.56. The number of methoxy groups -OCH3 is 1. The Bertz CT molecular complexity index is 451. The van der Waals surface area contributed by atoms with E-state index in [1.54, 1.807) is 25.3 Å². The van der Waals surface area contributed by atoms with Crippen LogP contribution in [0.3, 0.4) is 0 Å². The maximum Gasteiger partial charge on any atom is 0.227 e. The first-order valence-corrected chi connectivity index (χ1v) is 6.84. The van der Waals surface area contributed by atoms with Crippen molar-refractivity contribution in [1.29, 1.82) is 0 Å². The van der Waals surface area contributed by atoms with Gasteiger partial charge in [0.1, 0.15) is 5.75 Å². The smallest absolute Gasteiger partial charge is 0.227 e. The molecule has 0 bridgehead atoms. The largest absolute Gasteiger partial charge is 0.495 e. The lowest BCUT2D eigenvalue weighted by Gasteiger charge is -2.25. The highest BCUT2D eigenvalue weighted by Crippen LogP contribution is 2.30. The van der Waals surface area contributed by atoms with Crippen molar-refractivity contribution >= 4 is 17.3 Å². The summed E-state index contributed by atoms with van der Waals surface area (Å²) in [7, 11) is 1.57. The molecule has 1 aromatic carbocycles. The molecule has 1 saturated carbocycles. The lowest BCUT2D eigenvalue weighted by atomic mass is 9.82. The molecule has 0 radical (unpaired) electrons. The molecular weight excluding hydrogens is 240 g/mol. The van der Waals surface area contributed by atoms with Gasteiger partial charge in [0.05, 0.1) is 12.8 Å². The Morgan fingerprint density at radius 2 is 2.00 bits per heavy atom. The van der Waals surface area contributed by atoms with Crippen LogP contribution in [-0.2, 0) is 4.79 Å². The fourth-order valence-corrected chi connectivity index (χ4v) is 2.56. The zero-order chi connectivity index (χ0) is 13.8. The highest BCUT2D eigenvalue weighted by molar-refractivity contribution is 5.93. The third-order valence-electron chi connectivity index (χ3n) is 3.89. The van der Waals surface area contributed by atoms with Gasteiger partial charge in [-0.3, -0.25) is 4.79 Å². The molecule has 0 saturated heterocycles. The first-order valence-electron chi connectivity index (χ1n) is 6.84. The van der Waals surface area contributed by atoms with E-state index in [4.69, 9.17) is 10.5 Å². The Labute approximate surface area is 114 Å². The van der Waals surface area contributed by atoms with Gasteiger partial charge in [-0.05, 0) is 43.7 Å². The molecule has 4 heteroatoms. The van der Waals surface area contributed by atoms with Crippen molar-refractivity contribution in [2.45, 2.75) is 32.6 Å². The number of nitrogens with one attached hydrogen (secondary N) is 1. The summed E-state index contributed by atoms with van der Waals surface area (Å²) in [6.07, 6.45) is 4.25. The van der Waals surface area contributed by atoms with E-state index in [0.29, 0.717) is 11.4 Å². The third-order valence-corrected chi connectivity index (χ3v) is 3.89. The molecule has 3 N–H and O–H groups in total. The molecular formula is C15H22N2O2. The number of anilines is 2. The summed E-state index contributed by atoms with van der Waals surface area (Å²) < 4.78 is 5.15. The first-order chi connectivity index (χ1) is 9.10. The molecule has 104 valence electrons. The molecule has 1 aliphatic carbocycles. The Morgan fingerprint density at radius 1 is 1.32 bits per heavy atom. The average Bonchev–Trinajstić information content (AvgIpc) is 2.41. The summed E-state index contributed by atoms with van der Waals surface area (Å²) in [4.78, 5) is 12.2. The summed E-state index contributed by atoms with van der Waals surface area (Å²) in [5.41, 5.74) is 7.07. The van der Waals surface area contributed by atoms with Gasteiger partial charge in [-0.25, -0.2) is 0 Å². The van der Waals surface area contributed by atoms with Crippen molar-refractivity contribution in [2.24, 2.45) is 11.8 Å². The summed E-state index contributed by atoms with van der Waals surface area (Å²) in [5, 5.41) is 2.95. The third kappa shape index (κ3) is 3.40. The van der Waals surface area contributed by atoms with E-state index in [1.807, 2.05) is 0 Å². The summed E-state index contributed by atoms with van der Waals surface area (Å²) in [5.74, 6) is 1.59. The van der Waals surface area contributed by atoms with E-state index < -0.39 is 0 Å². The topological polar surface area (TPSA) is 64.3 Å². The molecule has 0 unspecified atom stereocenters. The van der Waals surface area contributed by atoms with Crippen molar-refractivity contribution in [3.8, 4) is 5.75 Å². The van der Waals surface area contributed by atoms with Gasteiger partial charge in [0.25, 0.3) is 0 Å². The molecule has 0 aliphatic heterocycles. The minimum atomic E-state index is 0.110. The lowest BCUT2D eigenvalue weighted by molar-refractivity contribution is -0.121. The Hall–Kier alpha value is -1.71. The number of hydrogen-bond donors (Lipinski definition) is 2. The maximum atomic E-state index is 12.2. The van der Waals surface area contributed by atoms with Crippen LogP contribution in [0.2, 0.25) is 0 Å². The predicted molar refractivity (Wildman–Crippen MR) is 77.2 cm³/mol. The SMILES string of the molecule is COc1cc(NC(=O)C2CCC(C)CC2)ccc1N. The van der Waals surface area contributed by atoms with Gasteiger partial charge in [-0.2, -0.15) is 0 Å². The van der Waals surface area contributed by atoms with E-state index in [-0.39, 0.29) is 11.8 Å². The van der Waals surface area contributed by atoms with Crippen LogP contribution in [0, 0.1) is 11.8 Å². The van der Waals surface area contributed by atoms with E-state index in [0.717, 1.165) is 37.3 Å². The van der Waals surface area contributed by atoms with Crippen LogP contribution in [0.25, 0.3) is 0 Å². The summed E-state index contributed by atoms with van der Waals surface area (Å²) in [6.45, 7) is 2.25. The van der Waals surface area contributed by atoms with Crippen molar-refractivity contribution in [3.05, 3.63) is 18.2 Å². The Morgan fingerprint density at radius 3 is 2.63 bits per heavy atom. The fraction of sp³-hybridized carbons (Fsp3) is 0.533. The van der Waals surface area contributed by atoms with Gasteiger partial charge >= 0.3 is 0 Å². The van der Waals surface area contributed by atoms with Crippen LogP contribution in [0.5, 0.6) is 5.75 Å². The van der Waals surface area contributed by atoms with E-state index in [9.17, 15) is 4.79 Å². The van der Waals surface area contributed by atoms with Crippen LogP contribution in [0.1, 0.15) is 32.6 Å². The molecule has 1 aliphatic rings. The number of ether oxygens (including phenoxy) is 1. The zero-order valence-electron chi connectivity index (χ0n) is 11.6. The molecule has 19 heavy (non-hydrogen) atoms. The number of carbonyl (C=O) groups is 1. The Kier molecular flexibility index (Phi) is 4.30. The van der Waals surface area contributed by atoms with Crippen molar-refractivity contribution in [2.75, 3.05) is 18.2 Å². The maximum absolute atomic E-state index is 12.2. The van der Waals surface area contributed by atoms with Crippen LogP contribution in [-0.4, -0.2) is 13.0 Å². The van der Waals surface area contributed by atoms with Crippen LogP contribution in [0.15, 0.2) is 18.2 Å². The monoisotopic (exact) mass is 262 g/mol. The average molecular weight is 262 g/mol. The second-order valence-electron chi connectivity index (χ2n) is 5.40. The molecule has 4 nitrogen and oxygen atoms in total. The second kappa shape index (κ2) is 5.95. The number of nitrogens with two attached hydrogens (primary N) is 1. The zero-order valence-corrected chi connectivity index (χ0v) is 11.6. The summed E-state index contributed by atoms with van der Waals surface area (Å²) in [6, 6.07) is 5.32. The molecule has 0 aromatic heterocycles. The van der Waals surface area contributed by atoms with Crippen LogP contribution < -0.4 is 15.8 Å². The second-order valence-corrected chi connectivity index (χ2v) is 5.40. The molecule has 0 atom stereocenters. The number of hydrogen-bond acceptors (Lipinski definition) is 3. The van der Waals surface area contributed by atoms with Crippen molar-refractivity contribution in [3.63, 3.8) is 0 Å². The normalized spacial score (nSPS) is 22.8. The van der Waals surface area contributed by atoms with E-state index >= 15 is 0 Å². The van der Waals surface area contributed by atoms with Gasteiger partial charge in [0, 0.05) is 17.7 Å². The van der Waals surface area contributed by atoms with Gasteiger partial charge < -0.3 is 15.8 Å². The van der Waals surface area contributed by atoms with Crippen LogP contribution in [0.4, 0.5) is 11.4 Å². The van der Waals surface area contributed by atoms with E-state index in [2.05, 4.69) is 12.2 Å². The molecule has 0 spiro atoms. The summed E-state index contributed by atoms with van der Waals surface area (Å²) >= 11 is 0. The molecule has 0 heterocycles. The van der Waals surface area contributed by atoms with Crippen LogP contribution >= 0.6 is 0 Å². The van der Waals surface area contributed by atoms with Gasteiger partial charge in [-0.1, -0.05) is 6.92 Å². The number of amides is 1. The number of nitrogen functional groups attached to an aromatic ring is 1. The number of rotatable bonds is 3. The standard InChI is InChI=1S/C15H22N2O2/c1-10-3-5-11(6-4-10)15(18)17-12-7-8-13(16)14(9-12)19-2/h7-11H,3-6,16H2,1-2H3,(H,17,18). The van der Waals surface area contributed by atoms with Gasteiger partial charge in [-0.15, -0.1) is 0 Å². The van der Waals surface area contributed by atoms with E-state index in [1.165, 1.54) is 0 Å². The molecule has 1 aromatic rings. The number of benzene rings is 1. The first kappa shape index (κ1) is 13.7. The molecule has 1 amide bonds. The Balaban J connectivity index is 1.98. The minimum Gasteiger partial charge on any atom is -0.495 e. The van der Waals surface area contributed by atoms with Crippen molar-refractivity contribution in [1.82, 2.24) is 0 Å². The quantitative estimate of drug-likeness (QED) is 0.823. The number of carbonyl (C=O) groups excluding carboxylic acids is 1. The van der Waals surface area contributed by atoms with Crippen molar-refractivity contribution < 1.29 is 9.53 Å². The molecule has 2 rings (SSSR count). The minimum absolute atomic E-state index is 0.110. The van der Waals surface area contributed by atoms with Gasteiger partial charge in [0.15, 0.2) is 0 Å². The highest BCUT2D eigenvalue weighted by atomic mass is 16.5. The molecule has 1 fully saturated rings. The highest BCUT2D eigenvalue weighted by Gasteiger charge is 2.24. The van der Waals surface area contributed by atoms with Gasteiger partial charge in [0.2, 0.25) is 5.91 Å².